The van der Waals surface area contributed by atoms with Crippen LogP contribution < -0.4 is 9.47 Å². The number of benzene rings is 2. The summed E-state index contributed by atoms with van der Waals surface area (Å²) in [4.78, 5) is 11.2. The Morgan fingerprint density at radius 2 is 2.14 bits per heavy atom. The van der Waals surface area contributed by atoms with E-state index < -0.39 is 5.82 Å². The van der Waals surface area contributed by atoms with E-state index in [1.54, 1.807) is 6.07 Å². The van der Waals surface area contributed by atoms with Gasteiger partial charge in [-0.2, -0.15) is 0 Å². The fraction of sp³-hybridized carbons (Fsp3) is 0.235. The van der Waals surface area contributed by atoms with Gasteiger partial charge in [0.15, 0.2) is 17.3 Å². The lowest BCUT2D eigenvalue weighted by Crippen LogP contribution is -2.22. The van der Waals surface area contributed by atoms with Gasteiger partial charge in [-0.15, -0.1) is 0 Å². The molecule has 3 nitrogen and oxygen atoms in total. The maximum absolute atomic E-state index is 13.8. The average molecular weight is 286 g/mol. The number of para-hydroxylation sites is 1. The summed E-state index contributed by atoms with van der Waals surface area (Å²) in [5, 5.41) is 0. The largest absolute Gasteiger partial charge is 0.487 e. The molecule has 0 fully saturated rings. The number of ether oxygens (including phenoxy) is 2. The Balaban J connectivity index is 1.63. The van der Waals surface area contributed by atoms with Crippen molar-refractivity contribution in [2.45, 2.75) is 19.4 Å². The molecule has 0 N–H and O–H groups in total. The first-order chi connectivity index (χ1) is 10.1. The van der Waals surface area contributed by atoms with Gasteiger partial charge in [-0.05, 0) is 36.8 Å². The van der Waals surface area contributed by atoms with Crippen LogP contribution in [0.4, 0.5) is 4.39 Å². The van der Waals surface area contributed by atoms with Crippen LogP contribution in [0.5, 0.6) is 11.5 Å². The molecule has 21 heavy (non-hydrogen) atoms. The minimum atomic E-state index is -0.529. The van der Waals surface area contributed by atoms with E-state index in [4.69, 9.17) is 9.47 Å². The van der Waals surface area contributed by atoms with Gasteiger partial charge in [0.05, 0.1) is 0 Å². The highest BCUT2D eigenvalue weighted by Gasteiger charge is 2.23. The van der Waals surface area contributed by atoms with Crippen molar-refractivity contribution in [1.82, 2.24) is 0 Å². The summed E-state index contributed by atoms with van der Waals surface area (Å²) < 4.78 is 25.0. The normalized spacial score (nSPS) is 16.2. The van der Waals surface area contributed by atoms with Gasteiger partial charge in [-0.3, -0.25) is 4.79 Å². The second-order valence-corrected chi connectivity index (χ2v) is 5.06. The predicted molar refractivity (Wildman–Crippen MR) is 76.5 cm³/mol. The summed E-state index contributed by atoms with van der Waals surface area (Å²) in [5.41, 5.74) is 1.47. The lowest BCUT2D eigenvalue weighted by atomic mass is 10.1. The first-order valence-electron chi connectivity index (χ1n) is 6.81. The monoisotopic (exact) mass is 286 g/mol. The summed E-state index contributed by atoms with van der Waals surface area (Å²) in [6, 6.07) is 12.0. The van der Waals surface area contributed by atoms with Crippen LogP contribution in [0.2, 0.25) is 0 Å². The molecule has 108 valence electrons. The molecule has 1 aliphatic heterocycles. The third-order valence-electron chi connectivity index (χ3n) is 3.48. The van der Waals surface area contributed by atoms with Crippen molar-refractivity contribution < 1.29 is 18.7 Å². The summed E-state index contributed by atoms with van der Waals surface area (Å²) >= 11 is 0. The second-order valence-electron chi connectivity index (χ2n) is 5.06. The molecule has 0 bridgehead atoms. The van der Waals surface area contributed by atoms with Crippen LogP contribution in [0.15, 0.2) is 42.5 Å². The Bertz CT molecular complexity index is 656. The molecule has 2 aromatic carbocycles. The molecule has 0 aromatic heterocycles. The summed E-state index contributed by atoms with van der Waals surface area (Å²) in [6.45, 7) is 1.67. The number of Topliss-reactive ketones (excluding diaryl/α,β-unsaturated/α-hetero) is 1. The minimum Gasteiger partial charge on any atom is -0.487 e. The number of halogens is 1. The van der Waals surface area contributed by atoms with E-state index >= 15 is 0 Å². The number of ketones is 1. The fourth-order valence-corrected chi connectivity index (χ4v) is 2.37. The Morgan fingerprint density at radius 3 is 2.86 bits per heavy atom. The van der Waals surface area contributed by atoms with E-state index in [1.165, 1.54) is 19.1 Å². The highest BCUT2D eigenvalue weighted by atomic mass is 19.1. The third-order valence-corrected chi connectivity index (χ3v) is 3.48. The minimum absolute atomic E-state index is 0.116. The number of carbonyl (C=O) groups excluding carboxylic acids is 1. The molecule has 0 amide bonds. The number of hydrogen-bond acceptors (Lipinski definition) is 3. The van der Waals surface area contributed by atoms with Crippen LogP contribution in [0.25, 0.3) is 0 Å². The maximum atomic E-state index is 13.8. The van der Waals surface area contributed by atoms with Gasteiger partial charge in [-0.25, -0.2) is 4.39 Å². The molecular weight excluding hydrogens is 271 g/mol. The number of rotatable bonds is 4. The zero-order chi connectivity index (χ0) is 14.8. The Hall–Kier alpha value is -2.36. The summed E-state index contributed by atoms with van der Waals surface area (Å²) in [7, 11) is 0. The first-order valence-corrected chi connectivity index (χ1v) is 6.81. The van der Waals surface area contributed by atoms with Crippen molar-refractivity contribution in [3.63, 3.8) is 0 Å². The zero-order valence-electron chi connectivity index (χ0n) is 11.6. The molecule has 4 heteroatoms. The molecule has 1 aliphatic rings. The molecule has 0 spiro atoms. The van der Waals surface area contributed by atoms with Gasteiger partial charge in [0.25, 0.3) is 0 Å². The molecule has 0 saturated carbocycles. The molecular formula is C17H15FO3. The molecule has 0 saturated heterocycles. The molecule has 1 heterocycles. The van der Waals surface area contributed by atoms with Crippen molar-refractivity contribution in [1.29, 1.82) is 0 Å². The summed E-state index contributed by atoms with van der Waals surface area (Å²) in [5.74, 6) is 0.297. The van der Waals surface area contributed by atoms with Crippen molar-refractivity contribution in [3.8, 4) is 11.5 Å². The van der Waals surface area contributed by atoms with E-state index in [0.717, 1.165) is 17.7 Å². The summed E-state index contributed by atoms with van der Waals surface area (Å²) in [6.07, 6.45) is 0.637. The quantitative estimate of drug-likeness (QED) is 0.808. The van der Waals surface area contributed by atoms with Crippen molar-refractivity contribution in [2.75, 3.05) is 6.61 Å². The van der Waals surface area contributed by atoms with E-state index in [9.17, 15) is 9.18 Å². The molecule has 0 aliphatic carbocycles. The van der Waals surface area contributed by atoms with E-state index in [-0.39, 0.29) is 24.2 Å². The topological polar surface area (TPSA) is 35.5 Å². The zero-order valence-corrected chi connectivity index (χ0v) is 11.6. The van der Waals surface area contributed by atoms with E-state index in [1.807, 2.05) is 24.3 Å². The van der Waals surface area contributed by atoms with Gasteiger partial charge in [0, 0.05) is 12.0 Å². The number of carbonyl (C=O) groups is 1. The van der Waals surface area contributed by atoms with Crippen LogP contribution in [-0.2, 0) is 6.42 Å². The first kappa shape index (κ1) is 13.6. The molecule has 1 unspecified atom stereocenters. The molecule has 2 aromatic rings. The van der Waals surface area contributed by atoms with Crippen molar-refractivity contribution in [3.05, 3.63) is 59.4 Å². The maximum Gasteiger partial charge on any atom is 0.165 e. The SMILES string of the molecule is CC(=O)c1ccc(OCC2Cc3ccccc3O2)c(F)c1. The lowest BCUT2D eigenvalue weighted by Gasteiger charge is -2.13. The smallest absolute Gasteiger partial charge is 0.165 e. The van der Waals surface area contributed by atoms with Crippen molar-refractivity contribution in [2.24, 2.45) is 0 Å². The van der Waals surface area contributed by atoms with Gasteiger partial charge in [0.2, 0.25) is 0 Å². The van der Waals surface area contributed by atoms with Gasteiger partial charge in [0.1, 0.15) is 18.5 Å². The molecule has 3 rings (SSSR count). The Kier molecular flexibility index (Phi) is 3.60. The second kappa shape index (κ2) is 5.56. The molecule has 1 atom stereocenters. The van der Waals surface area contributed by atoms with Gasteiger partial charge in [-0.1, -0.05) is 18.2 Å². The van der Waals surface area contributed by atoms with E-state index in [0.29, 0.717) is 5.56 Å². The highest BCUT2D eigenvalue weighted by molar-refractivity contribution is 5.94. The van der Waals surface area contributed by atoms with Gasteiger partial charge >= 0.3 is 0 Å². The third kappa shape index (κ3) is 2.89. The average Bonchev–Trinajstić information content (AvgIpc) is 2.88. The van der Waals surface area contributed by atoms with Crippen LogP contribution in [0.1, 0.15) is 22.8 Å². The van der Waals surface area contributed by atoms with E-state index in [2.05, 4.69) is 0 Å². The van der Waals surface area contributed by atoms with Gasteiger partial charge < -0.3 is 9.47 Å². The number of hydrogen-bond donors (Lipinski definition) is 0. The molecule has 0 radical (unpaired) electrons. The Labute approximate surface area is 122 Å². The highest BCUT2D eigenvalue weighted by Crippen LogP contribution is 2.28. The predicted octanol–water partition coefficient (Wildman–Crippen LogP) is 3.41. The van der Waals surface area contributed by atoms with Crippen LogP contribution >= 0.6 is 0 Å². The number of fused-ring (bicyclic) bond motifs is 1. The van der Waals surface area contributed by atoms with Crippen LogP contribution in [0, 0.1) is 5.82 Å². The van der Waals surface area contributed by atoms with Crippen LogP contribution in [0.3, 0.4) is 0 Å². The van der Waals surface area contributed by atoms with Crippen molar-refractivity contribution >= 4 is 5.78 Å². The Morgan fingerprint density at radius 1 is 1.33 bits per heavy atom. The van der Waals surface area contributed by atoms with Crippen LogP contribution in [-0.4, -0.2) is 18.5 Å². The fourth-order valence-electron chi connectivity index (χ4n) is 2.37. The standard InChI is InChI=1S/C17H15FO3/c1-11(19)12-6-7-17(15(18)9-12)20-10-14-8-13-4-2-3-5-16(13)21-14/h2-7,9,14H,8,10H2,1H3. The lowest BCUT2D eigenvalue weighted by molar-refractivity contribution is 0.101.